The van der Waals surface area contributed by atoms with E-state index in [0.29, 0.717) is 5.41 Å². The van der Waals surface area contributed by atoms with Gasteiger partial charge in [-0.2, -0.15) is 0 Å². The lowest BCUT2D eigenvalue weighted by Crippen LogP contribution is -2.35. The van der Waals surface area contributed by atoms with E-state index in [9.17, 15) is 0 Å². The van der Waals surface area contributed by atoms with E-state index in [-0.39, 0.29) is 0 Å². The Morgan fingerprint density at radius 2 is 1.85 bits per heavy atom. The number of hydrogen-bond acceptors (Lipinski definition) is 2. The van der Waals surface area contributed by atoms with Crippen LogP contribution >= 0.6 is 0 Å². The van der Waals surface area contributed by atoms with Gasteiger partial charge >= 0.3 is 0 Å². The minimum absolute atomic E-state index is 0.493. The molecule has 2 aliphatic rings. The topological polar surface area (TPSA) is 15.3 Å². The third-order valence-corrected chi connectivity index (χ3v) is 5.42. The Bertz CT molecular complexity index is 278. The molecule has 2 atom stereocenters. The van der Waals surface area contributed by atoms with Crippen LogP contribution in [0.2, 0.25) is 0 Å². The fourth-order valence-electron chi connectivity index (χ4n) is 3.60. The van der Waals surface area contributed by atoms with Crippen LogP contribution in [-0.4, -0.2) is 36.6 Å². The van der Waals surface area contributed by atoms with E-state index in [2.05, 4.69) is 37.9 Å². The molecule has 1 saturated heterocycles. The molecular weight excluding hydrogens is 244 g/mol. The fraction of sp³-hybridized carbons (Fsp3) is 1.00. The number of likely N-dealkylation sites (tertiary alicyclic amines) is 1. The molecule has 1 heterocycles. The molecule has 0 aromatic heterocycles. The molecule has 1 N–H and O–H groups in total. The first kappa shape index (κ1) is 16.3. The molecule has 2 nitrogen and oxygen atoms in total. The summed E-state index contributed by atoms with van der Waals surface area (Å²) in [6, 6.07) is 1.64. The second-order valence-electron chi connectivity index (χ2n) is 8.25. The molecule has 1 aliphatic carbocycles. The quantitative estimate of drug-likeness (QED) is 0.738. The summed E-state index contributed by atoms with van der Waals surface area (Å²) in [6.45, 7) is 13.6. The summed E-state index contributed by atoms with van der Waals surface area (Å²) in [5.41, 5.74) is 0.493. The van der Waals surface area contributed by atoms with E-state index < -0.39 is 0 Å². The van der Waals surface area contributed by atoms with Gasteiger partial charge in [-0.05, 0) is 82.8 Å². The molecule has 0 aromatic carbocycles. The Balaban J connectivity index is 1.66. The normalized spacial score (nSPS) is 27.3. The van der Waals surface area contributed by atoms with Gasteiger partial charge in [0.05, 0.1) is 0 Å². The van der Waals surface area contributed by atoms with Crippen LogP contribution in [-0.2, 0) is 0 Å². The minimum atomic E-state index is 0.493. The van der Waals surface area contributed by atoms with Crippen molar-refractivity contribution in [1.82, 2.24) is 10.2 Å². The molecule has 2 rings (SSSR count). The van der Waals surface area contributed by atoms with Gasteiger partial charge in [0, 0.05) is 12.1 Å². The molecule has 2 unspecified atom stereocenters. The summed E-state index contributed by atoms with van der Waals surface area (Å²) in [4.78, 5) is 2.75. The van der Waals surface area contributed by atoms with Crippen LogP contribution in [0.3, 0.4) is 0 Å². The average molecular weight is 280 g/mol. The van der Waals surface area contributed by atoms with Crippen LogP contribution in [0.5, 0.6) is 0 Å². The maximum Gasteiger partial charge on any atom is 0.00682 e. The van der Waals surface area contributed by atoms with Gasteiger partial charge in [-0.1, -0.05) is 20.8 Å². The van der Waals surface area contributed by atoms with Crippen LogP contribution in [0.1, 0.15) is 72.6 Å². The second-order valence-corrected chi connectivity index (χ2v) is 8.25. The number of rotatable bonds is 6. The third-order valence-electron chi connectivity index (χ3n) is 5.42. The minimum Gasteiger partial charge on any atom is -0.314 e. The zero-order valence-electron chi connectivity index (χ0n) is 14.3. The number of hydrogen-bond donors (Lipinski definition) is 1. The van der Waals surface area contributed by atoms with Crippen molar-refractivity contribution < 1.29 is 0 Å². The van der Waals surface area contributed by atoms with Crippen molar-refractivity contribution in [3.63, 3.8) is 0 Å². The Hall–Kier alpha value is -0.0800. The van der Waals surface area contributed by atoms with Crippen molar-refractivity contribution in [2.24, 2.45) is 11.3 Å². The summed E-state index contributed by atoms with van der Waals surface area (Å²) in [7, 11) is 0. The van der Waals surface area contributed by atoms with Gasteiger partial charge in [0.15, 0.2) is 0 Å². The molecule has 0 spiro atoms. The lowest BCUT2D eigenvalue weighted by atomic mass is 9.77. The van der Waals surface area contributed by atoms with Crippen LogP contribution in [0, 0.1) is 11.3 Å². The fourth-order valence-corrected chi connectivity index (χ4v) is 3.60. The van der Waals surface area contributed by atoms with Gasteiger partial charge in [-0.15, -0.1) is 0 Å². The second kappa shape index (κ2) is 7.26. The van der Waals surface area contributed by atoms with Gasteiger partial charge in [0.1, 0.15) is 0 Å². The SMILES string of the molecule is CC(CCCNC1CC1)N1CCCC(C(C)(C)C)CC1. The maximum atomic E-state index is 3.64. The van der Waals surface area contributed by atoms with Crippen molar-refractivity contribution in [2.75, 3.05) is 19.6 Å². The van der Waals surface area contributed by atoms with Gasteiger partial charge < -0.3 is 10.2 Å². The van der Waals surface area contributed by atoms with Crippen LogP contribution in [0.25, 0.3) is 0 Å². The zero-order valence-corrected chi connectivity index (χ0v) is 14.3. The highest BCUT2D eigenvalue weighted by Crippen LogP contribution is 2.34. The monoisotopic (exact) mass is 280 g/mol. The molecule has 118 valence electrons. The van der Waals surface area contributed by atoms with Crippen LogP contribution in [0.15, 0.2) is 0 Å². The zero-order chi connectivity index (χ0) is 14.6. The van der Waals surface area contributed by atoms with Crippen LogP contribution < -0.4 is 5.32 Å². The smallest absolute Gasteiger partial charge is 0.00682 e. The Kier molecular flexibility index (Phi) is 5.92. The lowest BCUT2D eigenvalue weighted by molar-refractivity contribution is 0.182. The third kappa shape index (κ3) is 5.37. The van der Waals surface area contributed by atoms with E-state index in [4.69, 9.17) is 0 Å². The van der Waals surface area contributed by atoms with Crippen molar-refractivity contribution in [1.29, 1.82) is 0 Å². The van der Waals surface area contributed by atoms with Gasteiger partial charge in [0.25, 0.3) is 0 Å². The molecule has 2 fully saturated rings. The van der Waals surface area contributed by atoms with Crippen molar-refractivity contribution in [2.45, 2.75) is 84.7 Å². The van der Waals surface area contributed by atoms with Crippen molar-refractivity contribution in [3.8, 4) is 0 Å². The first-order chi connectivity index (χ1) is 9.47. The summed E-state index contributed by atoms with van der Waals surface area (Å²) >= 11 is 0. The highest BCUT2D eigenvalue weighted by Gasteiger charge is 2.28. The largest absolute Gasteiger partial charge is 0.314 e. The van der Waals surface area contributed by atoms with Gasteiger partial charge in [-0.25, -0.2) is 0 Å². The Morgan fingerprint density at radius 1 is 1.10 bits per heavy atom. The molecule has 0 aromatic rings. The standard InChI is InChI=1S/C18H36N2/c1-15(7-5-12-19-17-9-10-17)20-13-6-8-16(11-14-20)18(2,3)4/h15-17,19H,5-14H2,1-4H3. The summed E-state index contributed by atoms with van der Waals surface area (Å²) in [5, 5.41) is 3.64. The molecule has 0 bridgehead atoms. The first-order valence-corrected chi connectivity index (χ1v) is 8.94. The van der Waals surface area contributed by atoms with Crippen molar-refractivity contribution >= 4 is 0 Å². The molecule has 1 aliphatic heterocycles. The van der Waals surface area contributed by atoms with Crippen LogP contribution in [0.4, 0.5) is 0 Å². The number of nitrogens with one attached hydrogen (secondary N) is 1. The predicted molar refractivity (Wildman–Crippen MR) is 88.1 cm³/mol. The van der Waals surface area contributed by atoms with Gasteiger partial charge in [0.2, 0.25) is 0 Å². The highest BCUT2D eigenvalue weighted by molar-refractivity contribution is 4.82. The van der Waals surface area contributed by atoms with E-state index in [0.717, 1.165) is 18.0 Å². The predicted octanol–water partition coefficient (Wildman–Crippen LogP) is 4.06. The maximum absolute atomic E-state index is 3.64. The van der Waals surface area contributed by atoms with E-state index >= 15 is 0 Å². The summed E-state index contributed by atoms with van der Waals surface area (Å²) in [5.74, 6) is 0.913. The van der Waals surface area contributed by atoms with E-state index in [1.807, 2.05) is 0 Å². The Labute approximate surface area is 126 Å². The average Bonchev–Trinajstić information content (AvgIpc) is 3.19. The molecule has 1 saturated carbocycles. The molecule has 2 heteroatoms. The van der Waals surface area contributed by atoms with E-state index in [1.54, 1.807) is 0 Å². The molecule has 0 radical (unpaired) electrons. The lowest BCUT2D eigenvalue weighted by Gasteiger charge is -2.31. The Morgan fingerprint density at radius 3 is 2.50 bits per heavy atom. The van der Waals surface area contributed by atoms with E-state index in [1.165, 1.54) is 64.6 Å². The molecular formula is C18H36N2. The van der Waals surface area contributed by atoms with Gasteiger partial charge in [-0.3, -0.25) is 0 Å². The van der Waals surface area contributed by atoms with Crippen molar-refractivity contribution in [3.05, 3.63) is 0 Å². The first-order valence-electron chi connectivity index (χ1n) is 8.94. The summed E-state index contributed by atoms with van der Waals surface area (Å²) in [6.07, 6.45) is 9.75. The highest BCUT2D eigenvalue weighted by atomic mass is 15.1. The molecule has 0 amide bonds. The number of nitrogens with zero attached hydrogens (tertiary/aromatic N) is 1. The summed E-state index contributed by atoms with van der Waals surface area (Å²) < 4.78 is 0. The molecule has 20 heavy (non-hydrogen) atoms.